The summed E-state index contributed by atoms with van der Waals surface area (Å²) < 4.78 is 7.63. The van der Waals surface area contributed by atoms with Gasteiger partial charge in [-0.2, -0.15) is 4.68 Å². The molecule has 0 bridgehead atoms. The van der Waals surface area contributed by atoms with E-state index < -0.39 is 0 Å². The highest BCUT2D eigenvalue weighted by Gasteiger charge is 2.36. The minimum absolute atomic E-state index is 0.143. The second-order valence-electron chi connectivity index (χ2n) is 6.63. The van der Waals surface area contributed by atoms with Gasteiger partial charge in [-0.05, 0) is 53.1 Å². The van der Waals surface area contributed by atoms with Crippen LogP contribution in [0.3, 0.4) is 0 Å². The van der Waals surface area contributed by atoms with Gasteiger partial charge >= 0.3 is 0 Å². The Hall–Kier alpha value is -3.48. The van der Waals surface area contributed by atoms with Crippen molar-refractivity contribution in [3.05, 3.63) is 71.4 Å². The first-order valence-electron chi connectivity index (χ1n) is 8.93. The van der Waals surface area contributed by atoms with Gasteiger partial charge in [-0.25, -0.2) is 0 Å². The van der Waals surface area contributed by atoms with Crippen molar-refractivity contribution in [2.45, 2.75) is 25.3 Å². The lowest BCUT2D eigenvalue weighted by Gasteiger charge is -2.31. The van der Waals surface area contributed by atoms with Gasteiger partial charge in [-0.15, -0.1) is 0 Å². The van der Waals surface area contributed by atoms with Crippen molar-refractivity contribution >= 4 is 11.7 Å². The number of ketones is 1. The van der Waals surface area contributed by atoms with Crippen LogP contribution in [0, 0.1) is 0 Å². The fraction of sp³-hybridized carbons (Fsp3) is 0.200. The van der Waals surface area contributed by atoms with Gasteiger partial charge in [0.2, 0.25) is 5.95 Å². The van der Waals surface area contributed by atoms with Crippen LogP contribution in [-0.4, -0.2) is 26.0 Å². The summed E-state index contributed by atoms with van der Waals surface area (Å²) in [5.74, 6) is 2.17. The Kier molecular flexibility index (Phi) is 3.71. The molecule has 2 aliphatic rings. The zero-order valence-corrected chi connectivity index (χ0v) is 14.5. The number of fused-ring (bicyclic) bond motifs is 1. The summed E-state index contributed by atoms with van der Waals surface area (Å²) in [4.78, 5) is 12.7. The Morgan fingerprint density at radius 2 is 1.89 bits per heavy atom. The number of tetrazole rings is 1. The van der Waals surface area contributed by atoms with E-state index in [0.29, 0.717) is 18.1 Å². The topological polar surface area (TPSA) is 81.9 Å². The summed E-state index contributed by atoms with van der Waals surface area (Å²) in [6, 6.07) is 17.0. The molecule has 1 aromatic heterocycles. The molecule has 1 N–H and O–H groups in total. The summed E-state index contributed by atoms with van der Waals surface area (Å²) in [5, 5.41) is 15.2. The highest BCUT2D eigenvalue weighted by Crippen LogP contribution is 2.40. The fourth-order valence-electron chi connectivity index (χ4n) is 3.70. The second kappa shape index (κ2) is 6.35. The number of nitrogens with one attached hydrogen (secondary N) is 1. The summed E-state index contributed by atoms with van der Waals surface area (Å²) in [5.41, 5.74) is 2.59. The third kappa shape index (κ3) is 2.77. The van der Waals surface area contributed by atoms with Crippen molar-refractivity contribution in [2.75, 3.05) is 5.32 Å². The quantitative estimate of drug-likeness (QED) is 0.771. The molecule has 2 heterocycles. The third-order valence-corrected chi connectivity index (χ3v) is 4.88. The van der Waals surface area contributed by atoms with E-state index in [4.69, 9.17) is 4.74 Å². The molecule has 0 fully saturated rings. The normalized spacial score (nSPS) is 18.5. The average molecular weight is 359 g/mol. The number of ether oxygens (including phenoxy) is 1. The van der Waals surface area contributed by atoms with Crippen LogP contribution >= 0.6 is 0 Å². The number of Topliss-reactive ketones (excluding diaryl/α,β-unsaturated/α-hetero) is 1. The van der Waals surface area contributed by atoms with E-state index in [1.54, 1.807) is 4.68 Å². The molecule has 1 aliphatic carbocycles. The zero-order chi connectivity index (χ0) is 18.2. The van der Waals surface area contributed by atoms with Gasteiger partial charge in [-0.3, -0.25) is 4.79 Å². The lowest BCUT2D eigenvalue weighted by Crippen LogP contribution is -2.31. The molecule has 0 saturated carbocycles. The number of nitrogens with zero attached hydrogens (tertiary/aromatic N) is 4. The van der Waals surface area contributed by atoms with E-state index in [1.165, 1.54) is 0 Å². The number of para-hydroxylation sites is 1. The van der Waals surface area contributed by atoms with Gasteiger partial charge in [0.05, 0.1) is 0 Å². The predicted octanol–water partition coefficient (Wildman–Crippen LogP) is 3.49. The summed E-state index contributed by atoms with van der Waals surface area (Å²) in [6.07, 6.45) is 2.22. The number of hydrogen-bond donors (Lipinski definition) is 1. The molecule has 27 heavy (non-hydrogen) atoms. The van der Waals surface area contributed by atoms with E-state index in [9.17, 15) is 4.79 Å². The van der Waals surface area contributed by atoms with Gasteiger partial charge in [0.1, 0.15) is 17.5 Å². The third-order valence-electron chi connectivity index (χ3n) is 4.88. The van der Waals surface area contributed by atoms with Crippen LogP contribution in [0.15, 0.2) is 65.9 Å². The van der Waals surface area contributed by atoms with Gasteiger partial charge in [0.25, 0.3) is 0 Å². The van der Waals surface area contributed by atoms with Crippen molar-refractivity contribution in [1.29, 1.82) is 0 Å². The summed E-state index contributed by atoms with van der Waals surface area (Å²) in [7, 11) is 0. The van der Waals surface area contributed by atoms with Crippen LogP contribution in [-0.2, 0) is 4.79 Å². The molecular weight excluding hydrogens is 342 g/mol. The first-order chi connectivity index (χ1) is 13.3. The molecule has 0 amide bonds. The number of anilines is 1. The molecule has 3 aromatic rings. The zero-order valence-electron chi connectivity index (χ0n) is 14.5. The van der Waals surface area contributed by atoms with Crippen LogP contribution in [0.25, 0.3) is 0 Å². The van der Waals surface area contributed by atoms with Crippen LogP contribution in [0.4, 0.5) is 5.95 Å². The van der Waals surface area contributed by atoms with E-state index in [1.807, 2.05) is 54.6 Å². The van der Waals surface area contributed by atoms with Gasteiger partial charge < -0.3 is 10.1 Å². The Morgan fingerprint density at radius 1 is 1.04 bits per heavy atom. The van der Waals surface area contributed by atoms with Crippen molar-refractivity contribution in [3.63, 3.8) is 0 Å². The number of benzene rings is 2. The maximum atomic E-state index is 12.7. The maximum absolute atomic E-state index is 12.7. The predicted molar refractivity (Wildman–Crippen MR) is 98.4 cm³/mol. The molecule has 1 atom stereocenters. The first kappa shape index (κ1) is 15.7. The highest BCUT2D eigenvalue weighted by molar-refractivity contribution is 5.99. The van der Waals surface area contributed by atoms with Gasteiger partial charge in [0, 0.05) is 17.7 Å². The highest BCUT2D eigenvalue weighted by atomic mass is 16.5. The van der Waals surface area contributed by atoms with Crippen molar-refractivity contribution in [2.24, 2.45) is 0 Å². The van der Waals surface area contributed by atoms with Crippen LogP contribution in [0.2, 0.25) is 0 Å². The Balaban J connectivity index is 1.58. The van der Waals surface area contributed by atoms with Gasteiger partial charge in [-0.1, -0.05) is 35.4 Å². The molecule has 1 unspecified atom stereocenters. The van der Waals surface area contributed by atoms with Crippen molar-refractivity contribution in [3.8, 4) is 11.5 Å². The Bertz CT molecular complexity index is 1040. The van der Waals surface area contributed by atoms with E-state index in [-0.39, 0.29) is 11.8 Å². The standard InChI is InChI=1S/C20H17N5O2/c26-17-11-5-10-16-18(17)19(25-20(21-16)22-23-24-25)13-6-4-9-15(12-13)27-14-7-2-1-3-8-14/h1-4,6-9,12,19H,5,10-11H2,(H,21,22,24). The van der Waals surface area contributed by atoms with Crippen molar-refractivity contribution < 1.29 is 9.53 Å². The largest absolute Gasteiger partial charge is 0.457 e. The molecule has 7 heteroatoms. The molecule has 1 aliphatic heterocycles. The Morgan fingerprint density at radius 3 is 2.78 bits per heavy atom. The van der Waals surface area contributed by atoms with E-state index in [2.05, 4.69) is 20.8 Å². The van der Waals surface area contributed by atoms with E-state index in [0.717, 1.165) is 35.4 Å². The SMILES string of the molecule is O=C1CCCC2=C1C(c1cccc(Oc3ccccc3)c1)n1nnnc1N2. The number of hydrogen-bond acceptors (Lipinski definition) is 6. The lowest BCUT2D eigenvalue weighted by atomic mass is 9.85. The number of carbonyl (C=O) groups is 1. The smallest absolute Gasteiger partial charge is 0.248 e. The molecule has 134 valence electrons. The summed E-state index contributed by atoms with van der Waals surface area (Å²) in [6.45, 7) is 0. The van der Waals surface area contributed by atoms with Gasteiger partial charge in [0.15, 0.2) is 5.78 Å². The van der Waals surface area contributed by atoms with Crippen LogP contribution in [0.5, 0.6) is 11.5 Å². The molecule has 0 radical (unpaired) electrons. The molecule has 0 saturated heterocycles. The average Bonchev–Trinajstić information content (AvgIpc) is 3.16. The second-order valence-corrected chi connectivity index (χ2v) is 6.63. The minimum atomic E-state index is -0.349. The van der Waals surface area contributed by atoms with Crippen molar-refractivity contribution in [1.82, 2.24) is 20.2 Å². The Labute approximate surface area is 155 Å². The van der Waals surface area contributed by atoms with E-state index >= 15 is 0 Å². The molecule has 7 nitrogen and oxygen atoms in total. The monoisotopic (exact) mass is 359 g/mol. The molecular formula is C20H17N5O2. The molecule has 2 aromatic carbocycles. The maximum Gasteiger partial charge on any atom is 0.248 e. The lowest BCUT2D eigenvalue weighted by molar-refractivity contribution is -0.116. The first-order valence-corrected chi connectivity index (χ1v) is 8.93. The van der Waals surface area contributed by atoms with Crippen LogP contribution < -0.4 is 10.1 Å². The molecule has 0 spiro atoms. The fourth-order valence-corrected chi connectivity index (χ4v) is 3.70. The minimum Gasteiger partial charge on any atom is -0.457 e. The number of allylic oxidation sites excluding steroid dienone is 2. The number of aromatic nitrogens is 4. The summed E-state index contributed by atoms with van der Waals surface area (Å²) >= 11 is 0. The molecule has 5 rings (SSSR count). The number of rotatable bonds is 3. The van der Waals surface area contributed by atoms with Crippen LogP contribution in [0.1, 0.15) is 30.9 Å². The number of carbonyl (C=O) groups excluding carboxylic acids is 1.